The molecule has 0 aliphatic carbocycles. The zero-order valence-corrected chi connectivity index (χ0v) is 12.8. The summed E-state index contributed by atoms with van der Waals surface area (Å²) in [6.07, 6.45) is 0. The molecule has 0 spiro atoms. The summed E-state index contributed by atoms with van der Waals surface area (Å²) in [4.78, 5) is 23.9. The van der Waals surface area contributed by atoms with E-state index in [0.717, 1.165) is 17.4 Å². The van der Waals surface area contributed by atoms with Gasteiger partial charge in [0.2, 0.25) is 5.91 Å². The Bertz CT molecular complexity index is 590. The first-order chi connectivity index (χ1) is 9.31. The Balaban J connectivity index is 2.75. The molecule has 7 nitrogen and oxygen atoms in total. The second-order valence-corrected chi connectivity index (χ2v) is 6.76. The van der Waals surface area contributed by atoms with Gasteiger partial charge in [-0.15, -0.1) is 11.3 Å². The fourth-order valence-electron chi connectivity index (χ4n) is 1.49. The Morgan fingerprint density at radius 3 is 2.40 bits per heavy atom. The first kappa shape index (κ1) is 16.6. The minimum absolute atomic E-state index is 0.0922. The van der Waals surface area contributed by atoms with Crippen LogP contribution in [0.5, 0.6) is 0 Å². The van der Waals surface area contributed by atoms with Crippen molar-refractivity contribution in [2.75, 3.05) is 19.6 Å². The van der Waals surface area contributed by atoms with Gasteiger partial charge in [-0.3, -0.25) is 4.79 Å². The highest BCUT2D eigenvalue weighted by molar-refractivity contribution is 7.91. The maximum atomic E-state index is 11.9. The first-order valence-corrected chi connectivity index (χ1v) is 8.27. The van der Waals surface area contributed by atoms with Crippen LogP contribution < -0.4 is 4.72 Å². The number of nitrogens with zero attached hydrogens (tertiary/aromatic N) is 1. The monoisotopic (exact) mass is 320 g/mol. The van der Waals surface area contributed by atoms with E-state index < -0.39 is 16.0 Å². The normalized spacial score (nSPS) is 11.3. The predicted molar refractivity (Wildman–Crippen MR) is 74.4 cm³/mol. The van der Waals surface area contributed by atoms with Gasteiger partial charge in [0, 0.05) is 18.5 Å². The maximum Gasteiger partial charge on any atom is 0.336 e. The molecule has 9 heteroatoms. The minimum Gasteiger partial charge on any atom is -0.478 e. The van der Waals surface area contributed by atoms with Crippen LogP contribution in [-0.4, -0.2) is 49.9 Å². The standard InChI is InChI=1S/C11H16N2O5S2/c1-3-13(4-2)9(14)6-12-20(17,18)10-5-8(7-19-10)11(15)16/h5,7,12H,3-4,6H2,1-2H3,(H,15,16). The van der Waals surface area contributed by atoms with E-state index in [1.54, 1.807) is 13.8 Å². The van der Waals surface area contributed by atoms with Gasteiger partial charge in [-0.1, -0.05) is 0 Å². The molecule has 0 aliphatic heterocycles. The molecule has 0 saturated carbocycles. The molecule has 0 bridgehead atoms. The predicted octanol–water partition coefficient (Wildman–Crippen LogP) is 0.593. The van der Waals surface area contributed by atoms with Crippen LogP contribution in [0, 0.1) is 0 Å². The first-order valence-electron chi connectivity index (χ1n) is 5.91. The number of nitrogens with one attached hydrogen (secondary N) is 1. The Morgan fingerprint density at radius 2 is 1.95 bits per heavy atom. The van der Waals surface area contributed by atoms with Gasteiger partial charge in [0.15, 0.2) is 0 Å². The summed E-state index contributed by atoms with van der Waals surface area (Å²) in [6, 6.07) is 1.07. The fourth-order valence-corrected chi connectivity index (χ4v) is 3.66. The number of amides is 1. The van der Waals surface area contributed by atoms with E-state index in [0.29, 0.717) is 13.1 Å². The number of carboxylic acids is 1. The van der Waals surface area contributed by atoms with E-state index in [4.69, 9.17) is 5.11 Å². The van der Waals surface area contributed by atoms with Crippen LogP contribution in [0.25, 0.3) is 0 Å². The van der Waals surface area contributed by atoms with Gasteiger partial charge < -0.3 is 10.0 Å². The number of carboxylic acid groups (broad SMARTS) is 1. The molecule has 0 aliphatic rings. The SMILES string of the molecule is CCN(CC)C(=O)CNS(=O)(=O)c1cc(C(=O)O)cs1. The molecule has 0 aromatic carbocycles. The molecule has 1 amide bonds. The van der Waals surface area contributed by atoms with Crippen LogP contribution in [0.1, 0.15) is 24.2 Å². The van der Waals surface area contributed by atoms with Crippen LogP contribution in [0.15, 0.2) is 15.7 Å². The molecule has 1 heterocycles. The van der Waals surface area contributed by atoms with Crippen molar-refractivity contribution >= 4 is 33.2 Å². The molecule has 2 N–H and O–H groups in total. The number of likely N-dealkylation sites (N-methyl/N-ethyl adjacent to an activating group) is 1. The van der Waals surface area contributed by atoms with Crippen molar-refractivity contribution in [2.45, 2.75) is 18.1 Å². The van der Waals surface area contributed by atoms with Crippen LogP contribution >= 0.6 is 11.3 Å². The van der Waals surface area contributed by atoms with E-state index in [9.17, 15) is 18.0 Å². The van der Waals surface area contributed by atoms with Crippen LogP contribution in [0.3, 0.4) is 0 Å². The van der Waals surface area contributed by atoms with Gasteiger partial charge >= 0.3 is 5.97 Å². The molecule has 1 rings (SSSR count). The lowest BCUT2D eigenvalue weighted by molar-refractivity contribution is -0.129. The lowest BCUT2D eigenvalue weighted by atomic mass is 10.4. The van der Waals surface area contributed by atoms with Crippen molar-refractivity contribution in [3.8, 4) is 0 Å². The highest BCUT2D eigenvalue weighted by atomic mass is 32.2. The van der Waals surface area contributed by atoms with Crippen molar-refractivity contribution in [1.82, 2.24) is 9.62 Å². The van der Waals surface area contributed by atoms with E-state index in [1.165, 1.54) is 10.3 Å². The lowest BCUT2D eigenvalue weighted by Gasteiger charge is -2.18. The van der Waals surface area contributed by atoms with Crippen LogP contribution in [0.2, 0.25) is 0 Å². The highest BCUT2D eigenvalue weighted by Crippen LogP contribution is 2.19. The number of aromatic carboxylic acids is 1. The minimum atomic E-state index is -3.86. The average Bonchev–Trinajstić information content (AvgIpc) is 2.88. The number of hydrogen-bond acceptors (Lipinski definition) is 5. The molecule has 0 saturated heterocycles. The third kappa shape index (κ3) is 4.02. The quantitative estimate of drug-likeness (QED) is 0.765. The summed E-state index contributed by atoms with van der Waals surface area (Å²) < 4.78 is 25.9. The van der Waals surface area contributed by atoms with Gasteiger partial charge in [-0.25, -0.2) is 17.9 Å². The summed E-state index contributed by atoms with van der Waals surface area (Å²) >= 11 is 0.800. The highest BCUT2D eigenvalue weighted by Gasteiger charge is 2.20. The number of hydrogen-bond donors (Lipinski definition) is 2. The molecular formula is C11H16N2O5S2. The zero-order chi connectivity index (χ0) is 15.3. The van der Waals surface area contributed by atoms with Crippen LogP contribution in [-0.2, 0) is 14.8 Å². The molecular weight excluding hydrogens is 304 g/mol. The van der Waals surface area contributed by atoms with Crippen molar-refractivity contribution in [2.24, 2.45) is 0 Å². The second kappa shape index (κ2) is 6.82. The van der Waals surface area contributed by atoms with Crippen molar-refractivity contribution in [1.29, 1.82) is 0 Å². The Labute approximate surface area is 121 Å². The van der Waals surface area contributed by atoms with E-state index in [-0.39, 0.29) is 22.2 Å². The van der Waals surface area contributed by atoms with Crippen LogP contribution in [0.4, 0.5) is 0 Å². The van der Waals surface area contributed by atoms with Gasteiger partial charge in [0.25, 0.3) is 10.0 Å². The van der Waals surface area contributed by atoms with E-state index in [2.05, 4.69) is 4.72 Å². The lowest BCUT2D eigenvalue weighted by Crippen LogP contribution is -2.39. The second-order valence-electron chi connectivity index (χ2n) is 3.85. The largest absolute Gasteiger partial charge is 0.478 e. The molecule has 0 fully saturated rings. The van der Waals surface area contributed by atoms with Crippen molar-refractivity contribution in [3.63, 3.8) is 0 Å². The summed E-state index contributed by atoms with van der Waals surface area (Å²) in [6.45, 7) is 4.26. The average molecular weight is 320 g/mol. The van der Waals surface area contributed by atoms with Gasteiger partial charge in [0.05, 0.1) is 12.1 Å². The number of thiophene rings is 1. The third-order valence-corrected chi connectivity index (χ3v) is 5.46. The zero-order valence-electron chi connectivity index (χ0n) is 11.1. The summed E-state index contributed by atoms with van der Waals surface area (Å²) in [7, 11) is -3.86. The maximum absolute atomic E-state index is 11.9. The topological polar surface area (TPSA) is 104 Å². The summed E-state index contributed by atoms with van der Waals surface area (Å²) in [5.74, 6) is -1.52. The molecule has 0 radical (unpaired) electrons. The van der Waals surface area contributed by atoms with Crippen molar-refractivity contribution < 1.29 is 23.1 Å². The number of rotatable bonds is 7. The fraction of sp³-hybridized carbons (Fsp3) is 0.455. The smallest absolute Gasteiger partial charge is 0.336 e. The molecule has 20 heavy (non-hydrogen) atoms. The molecule has 1 aromatic heterocycles. The Kier molecular flexibility index (Phi) is 5.66. The third-order valence-electron chi connectivity index (χ3n) is 2.62. The molecule has 0 atom stereocenters. The van der Waals surface area contributed by atoms with E-state index in [1.807, 2.05) is 0 Å². The summed E-state index contributed by atoms with van der Waals surface area (Å²) in [5.41, 5.74) is -0.0922. The van der Waals surface area contributed by atoms with Gasteiger partial charge in [-0.2, -0.15) is 0 Å². The van der Waals surface area contributed by atoms with E-state index >= 15 is 0 Å². The molecule has 1 aromatic rings. The van der Waals surface area contributed by atoms with Gasteiger partial charge in [0.1, 0.15) is 4.21 Å². The Morgan fingerprint density at radius 1 is 1.35 bits per heavy atom. The number of sulfonamides is 1. The van der Waals surface area contributed by atoms with Crippen molar-refractivity contribution in [3.05, 3.63) is 17.0 Å². The number of carbonyl (C=O) groups is 2. The number of carbonyl (C=O) groups excluding carboxylic acids is 1. The summed E-state index contributed by atoms with van der Waals surface area (Å²) in [5, 5.41) is 9.99. The Hall–Kier alpha value is -1.45. The van der Waals surface area contributed by atoms with Gasteiger partial charge in [-0.05, 0) is 19.9 Å². The molecule has 0 unspecified atom stereocenters. The molecule has 112 valence electrons.